The van der Waals surface area contributed by atoms with Gasteiger partial charge in [0.15, 0.2) is 0 Å². The Morgan fingerprint density at radius 2 is 2.08 bits per heavy atom. The summed E-state index contributed by atoms with van der Waals surface area (Å²) in [7, 11) is 1.86. The van der Waals surface area contributed by atoms with Crippen LogP contribution in [0.1, 0.15) is 25.0 Å². The van der Waals surface area contributed by atoms with Gasteiger partial charge in [-0.3, -0.25) is 4.79 Å². The first-order valence-corrected chi connectivity index (χ1v) is 4.24. The van der Waals surface area contributed by atoms with Gasteiger partial charge >= 0.3 is 5.97 Å². The Morgan fingerprint density at radius 3 is 2.54 bits per heavy atom. The summed E-state index contributed by atoms with van der Waals surface area (Å²) in [5.74, 6) is 0.820. The van der Waals surface area contributed by atoms with Crippen LogP contribution >= 0.6 is 0 Å². The number of carboxylic acid groups (broad SMARTS) is 1. The average molecular weight is 183 g/mol. The van der Waals surface area contributed by atoms with Crippen LogP contribution in [0.4, 0.5) is 0 Å². The van der Waals surface area contributed by atoms with Gasteiger partial charge in [0.2, 0.25) is 0 Å². The number of nitrogens with zero attached hydrogens (tertiary/aromatic N) is 3. The zero-order chi connectivity index (χ0) is 9.84. The predicted octanol–water partition coefficient (Wildman–Crippen LogP) is 0.395. The second kappa shape index (κ2) is 4.02. The highest BCUT2D eigenvalue weighted by Gasteiger charge is 2.07. The number of rotatable bonds is 4. The summed E-state index contributed by atoms with van der Waals surface area (Å²) in [4.78, 5) is 10.3. The molecule has 1 aromatic rings. The highest BCUT2D eigenvalue weighted by molar-refractivity contribution is 5.66. The van der Waals surface area contributed by atoms with E-state index >= 15 is 0 Å². The molecule has 72 valence electrons. The lowest BCUT2D eigenvalue weighted by Gasteiger charge is -1.99. The fraction of sp³-hybridized carbons (Fsp3) is 0.625. The van der Waals surface area contributed by atoms with Crippen LogP contribution in [0.2, 0.25) is 0 Å². The molecule has 1 N–H and O–H groups in total. The van der Waals surface area contributed by atoms with Crippen molar-refractivity contribution < 1.29 is 9.90 Å². The van der Waals surface area contributed by atoms with E-state index in [0.717, 1.165) is 18.1 Å². The highest BCUT2D eigenvalue weighted by Crippen LogP contribution is 2.02. The van der Waals surface area contributed by atoms with Crippen LogP contribution < -0.4 is 0 Å². The maximum atomic E-state index is 10.3. The fourth-order valence-corrected chi connectivity index (χ4v) is 1.14. The normalized spacial score (nSPS) is 10.3. The molecule has 1 heterocycles. The van der Waals surface area contributed by atoms with Gasteiger partial charge in [-0.05, 0) is 0 Å². The summed E-state index contributed by atoms with van der Waals surface area (Å²) >= 11 is 0. The average Bonchev–Trinajstić information content (AvgIpc) is 2.43. The molecule has 0 aliphatic heterocycles. The molecular weight excluding hydrogens is 170 g/mol. The Balaban J connectivity index is 2.67. The molecule has 5 nitrogen and oxygen atoms in total. The van der Waals surface area contributed by atoms with Crippen molar-refractivity contribution in [2.45, 2.75) is 26.2 Å². The first-order chi connectivity index (χ1) is 6.15. The van der Waals surface area contributed by atoms with Gasteiger partial charge in [0.05, 0.1) is 6.42 Å². The summed E-state index contributed by atoms with van der Waals surface area (Å²) in [6, 6.07) is 0. The van der Waals surface area contributed by atoms with Crippen molar-refractivity contribution >= 4 is 5.97 Å². The number of carbonyl (C=O) groups is 1. The van der Waals surface area contributed by atoms with Crippen molar-refractivity contribution in [2.75, 3.05) is 0 Å². The van der Waals surface area contributed by atoms with Crippen molar-refractivity contribution in [3.8, 4) is 0 Å². The van der Waals surface area contributed by atoms with E-state index in [-0.39, 0.29) is 6.42 Å². The van der Waals surface area contributed by atoms with Gasteiger partial charge in [-0.2, -0.15) is 0 Å². The van der Waals surface area contributed by atoms with Crippen LogP contribution in [0.5, 0.6) is 0 Å². The van der Waals surface area contributed by atoms with Crippen LogP contribution in [-0.4, -0.2) is 25.8 Å². The molecule has 0 fully saturated rings. The third kappa shape index (κ3) is 2.27. The summed E-state index contributed by atoms with van der Waals surface area (Å²) in [6.07, 6.45) is 1.37. The molecule has 1 rings (SSSR count). The number of hydrogen-bond donors (Lipinski definition) is 1. The third-order valence-electron chi connectivity index (χ3n) is 1.93. The molecule has 0 atom stereocenters. The molecular formula is C8H13N3O2. The number of carboxylic acids is 1. The number of hydrogen-bond acceptors (Lipinski definition) is 3. The van der Waals surface area contributed by atoms with Crippen molar-refractivity contribution in [3.05, 3.63) is 11.6 Å². The first-order valence-electron chi connectivity index (χ1n) is 4.24. The van der Waals surface area contributed by atoms with E-state index in [2.05, 4.69) is 10.2 Å². The van der Waals surface area contributed by atoms with E-state index < -0.39 is 5.97 Å². The summed E-state index contributed by atoms with van der Waals surface area (Å²) in [6.45, 7) is 1.99. The van der Waals surface area contributed by atoms with E-state index in [0.29, 0.717) is 6.42 Å². The van der Waals surface area contributed by atoms with Gasteiger partial charge in [-0.25, -0.2) is 0 Å². The lowest BCUT2D eigenvalue weighted by molar-refractivity contribution is -0.137. The van der Waals surface area contributed by atoms with E-state index in [1.165, 1.54) is 0 Å². The molecule has 1 aromatic heterocycles. The number of aryl methyl sites for hydroxylation is 2. The largest absolute Gasteiger partial charge is 0.481 e. The quantitative estimate of drug-likeness (QED) is 0.733. The highest BCUT2D eigenvalue weighted by atomic mass is 16.4. The van der Waals surface area contributed by atoms with Crippen LogP contribution in [0.15, 0.2) is 0 Å². The van der Waals surface area contributed by atoms with Gasteiger partial charge in [0.1, 0.15) is 11.6 Å². The maximum absolute atomic E-state index is 10.3. The van der Waals surface area contributed by atoms with E-state index in [4.69, 9.17) is 5.11 Å². The molecule has 0 aliphatic rings. The van der Waals surface area contributed by atoms with E-state index in [1.807, 2.05) is 18.5 Å². The van der Waals surface area contributed by atoms with E-state index in [1.54, 1.807) is 0 Å². The third-order valence-corrected chi connectivity index (χ3v) is 1.93. The smallest absolute Gasteiger partial charge is 0.303 e. The minimum atomic E-state index is -0.805. The molecule has 0 aromatic carbocycles. The minimum Gasteiger partial charge on any atom is -0.481 e. The molecule has 0 radical (unpaired) electrons. The number of aliphatic carboxylic acids is 1. The van der Waals surface area contributed by atoms with Crippen LogP contribution in [0.25, 0.3) is 0 Å². The minimum absolute atomic E-state index is 0.107. The van der Waals surface area contributed by atoms with Crippen LogP contribution in [0.3, 0.4) is 0 Å². The Kier molecular flexibility index (Phi) is 3.00. The lowest BCUT2D eigenvalue weighted by atomic mass is 10.3. The van der Waals surface area contributed by atoms with Crippen LogP contribution in [0, 0.1) is 0 Å². The Hall–Kier alpha value is -1.39. The van der Waals surface area contributed by atoms with Crippen LogP contribution in [-0.2, 0) is 24.7 Å². The van der Waals surface area contributed by atoms with Gasteiger partial charge < -0.3 is 9.67 Å². The molecule has 0 spiro atoms. The summed E-state index contributed by atoms with van der Waals surface area (Å²) in [5.41, 5.74) is 0. The standard InChI is InChI=1S/C8H13N3O2/c1-3-6-9-10-7(11(6)2)4-5-8(12)13/h3-5H2,1-2H3,(H,12,13). The molecule has 0 bridgehead atoms. The first kappa shape index (κ1) is 9.70. The van der Waals surface area contributed by atoms with Gasteiger partial charge in [0.25, 0.3) is 0 Å². The Morgan fingerprint density at radius 1 is 1.46 bits per heavy atom. The second-order valence-corrected chi connectivity index (χ2v) is 2.84. The predicted molar refractivity (Wildman–Crippen MR) is 46.3 cm³/mol. The summed E-state index contributed by atoms with van der Waals surface area (Å²) in [5, 5.41) is 16.3. The van der Waals surface area contributed by atoms with Crippen molar-refractivity contribution in [2.24, 2.45) is 7.05 Å². The van der Waals surface area contributed by atoms with Crippen molar-refractivity contribution in [3.63, 3.8) is 0 Å². The van der Waals surface area contributed by atoms with E-state index in [9.17, 15) is 4.79 Å². The Bertz CT molecular complexity index is 306. The second-order valence-electron chi connectivity index (χ2n) is 2.84. The van der Waals surface area contributed by atoms with Gasteiger partial charge in [-0.15, -0.1) is 10.2 Å². The number of aromatic nitrogens is 3. The SMILES string of the molecule is CCc1nnc(CCC(=O)O)n1C. The maximum Gasteiger partial charge on any atom is 0.303 e. The zero-order valence-corrected chi connectivity index (χ0v) is 7.82. The fourth-order valence-electron chi connectivity index (χ4n) is 1.14. The molecule has 0 saturated carbocycles. The monoisotopic (exact) mass is 183 g/mol. The van der Waals surface area contributed by atoms with Crippen molar-refractivity contribution in [1.29, 1.82) is 0 Å². The molecule has 5 heteroatoms. The molecule has 0 unspecified atom stereocenters. The zero-order valence-electron chi connectivity index (χ0n) is 7.82. The summed E-state index contributed by atoms with van der Waals surface area (Å²) < 4.78 is 1.85. The Labute approximate surface area is 76.4 Å². The van der Waals surface area contributed by atoms with Gasteiger partial charge in [-0.1, -0.05) is 6.92 Å². The molecule has 0 saturated heterocycles. The molecule has 0 amide bonds. The topological polar surface area (TPSA) is 68.0 Å². The van der Waals surface area contributed by atoms with Gasteiger partial charge in [0, 0.05) is 19.9 Å². The lowest BCUT2D eigenvalue weighted by Crippen LogP contribution is -2.04. The molecule has 13 heavy (non-hydrogen) atoms. The van der Waals surface area contributed by atoms with Crippen molar-refractivity contribution in [1.82, 2.24) is 14.8 Å². The molecule has 0 aliphatic carbocycles.